The van der Waals surface area contributed by atoms with Crippen LogP contribution < -0.4 is 10.5 Å². The van der Waals surface area contributed by atoms with Crippen molar-refractivity contribution in [2.75, 3.05) is 5.73 Å². The van der Waals surface area contributed by atoms with E-state index < -0.39 is 0 Å². The SMILES string of the molecule is CC(=O)c1sc(C)nc1Oc1cc(C)c(N)cc1C. The van der Waals surface area contributed by atoms with Gasteiger partial charge in [0.15, 0.2) is 5.78 Å². The summed E-state index contributed by atoms with van der Waals surface area (Å²) in [5.41, 5.74) is 8.43. The zero-order chi connectivity index (χ0) is 14.2. The van der Waals surface area contributed by atoms with Crippen LogP contribution in [0.15, 0.2) is 12.1 Å². The van der Waals surface area contributed by atoms with Crippen molar-refractivity contribution in [1.29, 1.82) is 0 Å². The van der Waals surface area contributed by atoms with E-state index >= 15 is 0 Å². The van der Waals surface area contributed by atoms with E-state index in [2.05, 4.69) is 4.98 Å². The number of ketones is 1. The number of carbonyl (C=O) groups is 1. The minimum Gasteiger partial charge on any atom is -0.437 e. The smallest absolute Gasteiger partial charge is 0.241 e. The predicted molar refractivity (Wildman–Crippen MR) is 77.3 cm³/mol. The Hall–Kier alpha value is -1.88. The Morgan fingerprint density at radius 1 is 1.26 bits per heavy atom. The lowest BCUT2D eigenvalue weighted by atomic mass is 10.1. The van der Waals surface area contributed by atoms with Crippen LogP contribution in [-0.4, -0.2) is 10.8 Å². The summed E-state index contributed by atoms with van der Waals surface area (Å²) in [5.74, 6) is 1.02. The summed E-state index contributed by atoms with van der Waals surface area (Å²) in [5, 5.41) is 0.810. The molecule has 0 saturated carbocycles. The summed E-state index contributed by atoms with van der Waals surface area (Å²) in [6, 6.07) is 3.72. The second-order valence-corrected chi connectivity index (χ2v) is 5.70. The molecule has 1 aromatic carbocycles. The first-order chi connectivity index (χ1) is 8.88. The van der Waals surface area contributed by atoms with E-state index in [1.807, 2.05) is 32.9 Å². The van der Waals surface area contributed by atoms with Crippen LogP contribution in [0.1, 0.15) is 32.7 Å². The largest absolute Gasteiger partial charge is 0.437 e. The fourth-order valence-corrected chi connectivity index (χ4v) is 2.47. The third-order valence-corrected chi connectivity index (χ3v) is 3.85. The number of aryl methyl sites for hydroxylation is 3. The quantitative estimate of drug-likeness (QED) is 0.686. The first-order valence-electron chi connectivity index (χ1n) is 5.91. The van der Waals surface area contributed by atoms with Crippen LogP contribution in [0.5, 0.6) is 11.6 Å². The van der Waals surface area contributed by atoms with E-state index in [1.165, 1.54) is 18.3 Å². The standard InChI is InChI=1S/C14H16N2O2S/c1-7-6-12(8(2)5-11(7)15)18-14-13(9(3)17)19-10(4)16-14/h5-6H,15H2,1-4H3. The van der Waals surface area contributed by atoms with Crippen LogP contribution in [0.2, 0.25) is 0 Å². The highest BCUT2D eigenvalue weighted by Gasteiger charge is 2.16. The maximum absolute atomic E-state index is 11.5. The molecule has 19 heavy (non-hydrogen) atoms. The number of rotatable bonds is 3. The molecule has 5 heteroatoms. The Morgan fingerprint density at radius 3 is 2.58 bits per heavy atom. The molecule has 0 fully saturated rings. The first kappa shape index (κ1) is 13.5. The molecule has 2 N–H and O–H groups in total. The summed E-state index contributed by atoms with van der Waals surface area (Å²) in [4.78, 5) is 16.4. The van der Waals surface area contributed by atoms with Crippen molar-refractivity contribution in [2.24, 2.45) is 0 Å². The van der Waals surface area contributed by atoms with Gasteiger partial charge in [-0.05, 0) is 44.0 Å². The average molecular weight is 276 g/mol. The number of ether oxygens (including phenoxy) is 1. The molecule has 0 aliphatic heterocycles. The van der Waals surface area contributed by atoms with E-state index in [-0.39, 0.29) is 5.78 Å². The monoisotopic (exact) mass is 276 g/mol. The summed E-state index contributed by atoms with van der Waals surface area (Å²) >= 11 is 1.34. The summed E-state index contributed by atoms with van der Waals surface area (Å²) in [6.45, 7) is 7.20. The lowest BCUT2D eigenvalue weighted by molar-refractivity contribution is 0.101. The Bertz CT molecular complexity index is 647. The van der Waals surface area contributed by atoms with Gasteiger partial charge in [0.25, 0.3) is 0 Å². The number of anilines is 1. The molecule has 2 aromatic rings. The van der Waals surface area contributed by atoms with Gasteiger partial charge in [-0.2, -0.15) is 0 Å². The number of hydrogen-bond acceptors (Lipinski definition) is 5. The highest BCUT2D eigenvalue weighted by atomic mass is 32.1. The van der Waals surface area contributed by atoms with E-state index in [9.17, 15) is 4.79 Å². The van der Waals surface area contributed by atoms with Gasteiger partial charge in [0.2, 0.25) is 5.88 Å². The van der Waals surface area contributed by atoms with E-state index in [0.717, 1.165) is 21.8 Å². The van der Waals surface area contributed by atoms with Gasteiger partial charge in [-0.1, -0.05) is 0 Å². The average Bonchev–Trinajstić information content (AvgIpc) is 2.67. The third-order valence-electron chi connectivity index (χ3n) is 2.79. The van der Waals surface area contributed by atoms with Gasteiger partial charge in [0.1, 0.15) is 10.6 Å². The Morgan fingerprint density at radius 2 is 1.95 bits per heavy atom. The lowest BCUT2D eigenvalue weighted by Gasteiger charge is -2.10. The molecule has 0 spiro atoms. The zero-order valence-electron chi connectivity index (χ0n) is 11.4. The van der Waals surface area contributed by atoms with Crippen molar-refractivity contribution in [3.8, 4) is 11.6 Å². The van der Waals surface area contributed by atoms with Crippen molar-refractivity contribution in [2.45, 2.75) is 27.7 Å². The normalized spacial score (nSPS) is 10.5. The van der Waals surface area contributed by atoms with Crippen LogP contribution in [-0.2, 0) is 0 Å². The highest BCUT2D eigenvalue weighted by Crippen LogP contribution is 2.33. The van der Waals surface area contributed by atoms with Gasteiger partial charge in [0, 0.05) is 12.6 Å². The lowest BCUT2D eigenvalue weighted by Crippen LogP contribution is -1.97. The number of hydrogen-bond donors (Lipinski definition) is 1. The Kier molecular flexibility index (Phi) is 3.57. The van der Waals surface area contributed by atoms with Crippen molar-refractivity contribution in [1.82, 2.24) is 4.98 Å². The number of thiazole rings is 1. The number of benzene rings is 1. The summed E-state index contributed by atoms with van der Waals surface area (Å²) in [7, 11) is 0. The van der Waals surface area contributed by atoms with E-state index in [0.29, 0.717) is 16.5 Å². The molecular weight excluding hydrogens is 260 g/mol. The predicted octanol–water partition coefficient (Wildman–Crippen LogP) is 3.65. The number of nitrogens with zero attached hydrogens (tertiary/aromatic N) is 1. The second kappa shape index (κ2) is 5.01. The van der Waals surface area contributed by atoms with Gasteiger partial charge in [-0.3, -0.25) is 4.79 Å². The second-order valence-electron chi connectivity index (χ2n) is 4.50. The van der Waals surface area contributed by atoms with Crippen molar-refractivity contribution in [3.63, 3.8) is 0 Å². The summed E-state index contributed by atoms with van der Waals surface area (Å²) in [6.07, 6.45) is 0. The highest BCUT2D eigenvalue weighted by molar-refractivity contribution is 7.13. The van der Waals surface area contributed by atoms with Crippen molar-refractivity contribution >= 4 is 22.8 Å². The first-order valence-corrected chi connectivity index (χ1v) is 6.73. The van der Waals surface area contributed by atoms with E-state index in [1.54, 1.807) is 0 Å². The molecule has 100 valence electrons. The molecule has 0 saturated heterocycles. The number of carbonyl (C=O) groups excluding carboxylic acids is 1. The van der Waals surface area contributed by atoms with Crippen LogP contribution in [0.4, 0.5) is 5.69 Å². The van der Waals surface area contributed by atoms with Gasteiger partial charge >= 0.3 is 0 Å². The molecule has 0 radical (unpaired) electrons. The van der Waals surface area contributed by atoms with Gasteiger partial charge in [-0.25, -0.2) is 4.98 Å². The van der Waals surface area contributed by atoms with Gasteiger partial charge < -0.3 is 10.5 Å². The minimum atomic E-state index is -0.0366. The van der Waals surface area contributed by atoms with E-state index in [4.69, 9.17) is 10.5 Å². The fourth-order valence-electron chi connectivity index (χ4n) is 1.73. The fraction of sp³-hybridized carbons (Fsp3) is 0.286. The van der Waals surface area contributed by atoms with Crippen LogP contribution in [0.25, 0.3) is 0 Å². The zero-order valence-corrected chi connectivity index (χ0v) is 12.2. The molecule has 1 aromatic heterocycles. The molecule has 0 aliphatic carbocycles. The van der Waals surface area contributed by atoms with Crippen LogP contribution in [0.3, 0.4) is 0 Å². The molecular formula is C14H16N2O2S. The molecule has 1 heterocycles. The minimum absolute atomic E-state index is 0.0366. The molecule has 0 unspecified atom stereocenters. The maximum atomic E-state index is 11.5. The molecule has 4 nitrogen and oxygen atoms in total. The topological polar surface area (TPSA) is 65.2 Å². The number of nitrogens with two attached hydrogens (primary N) is 1. The van der Waals surface area contributed by atoms with Crippen molar-refractivity contribution in [3.05, 3.63) is 33.1 Å². The molecule has 2 rings (SSSR count). The van der Waals surface area contributed by atoms with Crippen LogP contribution >= 0.6 is 11.3 Å². The number of aromatic nitrogens is 1. The van der Waals surface area contributed by atoms with Gasteiger partial charge in [-0.15, -0.1) is 11.3 Å². The van der Waals surface area contributed by atoms with Crippen molar-refractivity contribution < 1.29 is 9.53 Å². The third kappa shape index (κ3) is 2.76. The molecule has 0 amide bonds. The number of Topliss-reactive ketones (excluding diaryl/α,β-unsaturated/α-hetero) is 1. The molecule has 0 aliphatic rings. The maximum Gasteiger partial charge on any atom is 0.241 e. The molecule has 0 bridgehead atoms. The Labute approximate surface area is 116 Å². The molecule has 0 atom stereocenters. The number of nitrogen functional groups attached to an aromatic ring is 1. The van der Waals surface area contributed by atoms with Gasteiger partial charge in [0.05, 0.1) is 5.01 Å². The summed E-state index contributed by atoms with van der Waals surface area (Å²) < 4.78 is 5.78. The Balaban J connectivity index is 2.41. The van der Waals surface area contributed by atoms with Crippen LogP contribution in [0, 0.1) is 20.8 Å².